The molecule has 0 radical (unpaired) electrons. The molecule has 90 valence electrons. The highest BCUT2D eigenvalue weighted by molar-refractivity contribution is 6.31. The fourth-order valence-corrected chi connectivity index (χ4v) is 1.64. The molecule has 0 aliphatic rings. The molecule has 0 atom stereocenters. The summed E-state index contributed by atoms with van der Waals surface area (Å²) in [6.45, 7) is 0. The molecule has 17 heavy (non-hydrogen) atoms. The van der Waals surface area contributed by atoms with Crippen molar-refractivity contribution < 1.29 is 14.6 Å². The molecule has 4 N–H and O–H groups in total. The number of aryl methyl sites for hydroxylation is 1. The first kappa shape index (κ1) is 11.5. The quantitative estimate of drug-likeness (QED) is 0.681. The molecule has 2 aromatic rings. The van der Waals surface area contributed by atoms with Gasteiger partial charge in [0.15, 0.2) is 17.3 Å². The Morgan fingerprint density at radius 1 is 1.41 bits per heavy atom. The molecule has 0 saturated carbocycles. The molecule has 7 heteroatoms. The van der Waals surface area contributed by atoms with Crippen molar-refractivity contribution in [3.63, 3.8) is 0 Å². The maximum Gasteiger partial charge on any atom is 0.170 e. The number of aromatic hydroxyl groups is 2. The fourth-order valence-electron chi connectivity index (χ4n) is 1.44. The second-order valence-electron chi connectivity index (χ2n) is 3.49. The lowest BCUT2D eigenvalue weighted by molar-refractivity contribution is 0.401. The van der Waals surface area contributed by atoms with Crippen LogP contribution in [0.15, 0.2) is 12.1 Å². The van der Waals surface area contributed by atoms with Gasteiger partial charge in [-0.2, -0.15) is 5.10 Å². The van der Waals surface area contributed by atoms with Crippen LogP contribution in [0.2, 0.25) is 5.02 Å². The Bertz CT molecular complexity index is 552. The number of hydrogen-bond donors (Lipinski definition) is 3. The summed E-state index contributed by atoms with van der Waals surface area (Å²) in [6, 6.07) is 2.29. The smallest absolute Gasteiger partial charge is 0.170 e. The first-order valence-corrected chi connectivity index (χ1v) is 4.99. The van der Waals surface area contributed by atoms with E-state index in [0.29, 0.717) is 5.82 Å². The Kier molecular flexibility index (Phi) is 2.59. The van der Waals surface area contributed by atoms with E-state index in [0.717, 1.165) is 6.07 Å². The van der Waals surface area contributed by atoms with Crippen LogP contribution in [-0.2, 0) is 7.05 Å². The van der Waals surface area contributed by atoms with Crippen LogP contribution in [0.4, 0.5) is 10.2 Å². The van der Waals surface area contributed by atoms with Gasteiger partial charge in [0, 0.05) is 19.2 Å². The molecule has 1 aromatic heterocycles. The van der Waals surface area contributed by atoms with Gasteiger partial charge in [0.05, 0.1) is 10.6 Å². The Morgan fingerprint density at radius 3 is 2.59 bits per heavy atom. The van der Waals surface area contributed by atoms with E-state index >= 15 is 0 Å². The largest absolute Gasteiger partial charge is 0.504 e. The fraction of sp³-hybridized carbons (Fsp3) is 0.100. The van der Waals surface area contributed by atoms with Crippen molar-refractivity contribution in [1.29, 1.82) is 0 Å². The van der Waals surface area contributed by atoms with Crippen molar-refractivity contribution in [3.8, 4) is 22.8 Å². The normalized spacial score (nSPS) is 10.8. The summed E-state index contributed by atoms with van der Waals surface area (Å²) in [5.41, 5.74) is 5.37. The molecule has 0 unspecified atom stereocenters. The molecule has 0 amide bonds. The van der Waals surface area contributed by atoms with Gasteiger partial charge in [0.2, 0.25) is 0 Å². The molecule has 2 rings (SSSR count). The molecule has 0 aliphatic heterocycles. The number of halogens is 2. The lowest BCUT2D eigenvalue weighted by atomic mass is 10.1. The Hall–Kier alpha value is -1.95. The summed E-state index contributed by atoms with van der Waals surface area (Å²) in [4.78, 5) is 0. The zero-order chi connectivity index (χ0) is 12.7. The number of aromatic nitrogens is 2. The third-order valence-corrected chi connectivity index (χ3v) is 2.62. The monoisotopic (exact) mass is 257 g/mol. The van der Waals surface area contributed by atoms with Crippen molar-refractivity contribution in [3.05, 3.63) is 23.0 Å². The maximum absolute atomic E-state index is 13.8. The standard InChI is InChI=1S/C10H9ClFN3O2/c1-15-7(13)3-5(14-15)8-9(12)4(11)2-6(16)10(8)17/h2-3,16-17H,13H2,1H3. The van der Waals surface area contributed by atoms with Crippen LogP contribution in [-0.4, -0.2) is 20.0 Å². The van der Waals surface area contributed by atoms with Crippen molar-refractivity contribution in [1.82, 2.24) is 9.78 Å². The van der Waals surface area contributed by atoms with Gasteiger partial charge in [-0.25, -0.2) is 4.39 Å². The van der Waals surface area contributed by atoms with Crippen molar-refractivity contribution in [2.24, 2.45) is 7.05 Å². The van der Waals surface area contributed by atoms with Crippen molar-refractivity contribution >= 4 is 17.4 Å². The van der Waals surface area contributed by atoms with E-state index in [1.807, 2.05) is 0 Å². The first-order valence-electron chi connectivity index (χ1n) is 4.61. The second kappa shape index (κ2) is 3.81. The summed E-state index contributed by atoms with van der Waals surface area (Å²) in [5, 5.41) is 22.6. The van der Waals surface area contributed by atoms with Crippen LogP contribution >= 0.6 is 11.6 Å². The second-order valence-corrected chi connectivity index (χ2v) is 3.90. The van der Waals surface area contributed by atoms with Gasteiger partial charge in [0.25, 0.3) is 0 Å². The summed E-state index contributed by atoms with van der Waals surface area (Å²) >= 11 is 5.58. The SMILES string of the molecule is Cn1nc(-c2c(O)c(O)cc(Cl)c2F)cc1N. The number of benzene rings is 1. The lowest BCUT2D eigenvalue weighted by Crippen LogP contribution is -1.96. The topological polar surface area (TPSA) is 84.3 Å². The minimum atomic E-state index is -0.861. The van der Waals surface area contributed by atoms with Crippen LogP contribution in [0, 0.1) is 5.82 Å². The van der Waals surface area contributed by atoms with Gasteiger partial charge in [-0.3, -0.25) is 4.68 Å². The third-order valence-electron chi connectivity index (χ3n) is 2.34. The highest BCUT2D eigenvalue weighted by atomic mass is 35.5. The van der Waals surface area contributed by atoms with Gasteiger partial charge < -0.3 is 15.9 Å². The Balaban J connectivity index is 2.74. The number of nitrogen functional groups attached to an aromatic ring is 1. The van der Waals surface area contributed by atoms with Gasteiger partial charge in [-0.15, -0.1) is 0 Å². The molecule has 1 heterocycles. The highest BCUT2D eigenvalue weighted by Crippen LogP contribution is 2.41. The molecule has 0 bridgehead atoms. The van der Waals surface area contributed by atoms with Gasteiger partial charge >= 0.3 is 0 Å². The number of nitrogens with zero attached hydrogens (tertiary/aromatic N) is 2. The number of hydrogen-bond acceptors (Lipinski definition) is 4. The van der Waals surface area contributed by atoms with E-state index in [4.69, 9.17) is 17.3 Å². The minimum absolute atomic E-state index is 0.0952. The van der Waals surface area contributed by atoms with Crippen LogP contribution < -0.4 is 5.73 Å². The Labute approximate surface area is 101 Å². The van der Waals surface area contributed by atoms with E-state index in [2.05, 4.69) is 5.10 Å². The summed E-state index contributed by atoms with van der Waals surface area (Å²) in [6.07, 6.45) is 0. The number of phenolic OH excluding ortho intramolecular Hbond substituents is 2. The maximum atomic E-state index is 13.8. The molecule has 1 aromatic carbocycles. The summed E-state index contributed by atoms with van der Waals surface area (Å²) < 4.78 is 15.1. The summed E-state index contributed by atoms with van der Waals surface area (Å²) in [5.74, 6) is -1.71. The average Bonchev–Trinajstić information content (AvgIpc) is 2.57. The molecule has 0 saturated heterocycles. The minimum Gasteiger partial charge on any atom is -0.504 e. The Morgan fingerprint density at radius 2 is 2.06 bits per heavy atom. The highest BCUT2D eigenvalue weighted by Gasteiger charge is 2.20. The molecule has 5 nitrogen and oxygen atoms in total. The molecular formula is C10H9ClFN3O2. The van der Waals surface area contributed by atoms with Crippen molar-refractivity contribution in [2.45, 2.75) is 0 Å². The van der Waals surface area contributed by atoms with Gasteiger partial charge in [-0.1, -0.05) is 11.6 Å². The predicted octanol–water partition coefficient (Wildman–Crippen LogP) is 1.87. The van der Waals surface area contributed by atoms with E-state index in [9.17, 15) is 14.6 Å². The summed E-state index contributed by atoms with van der Waals surface area (Å²) in [7, 11) is 1.57. The van der Waals surface area contributed by atoms with Crippen LogP contribution in [0.5, 0.6) is 11.5 Å². The number of rotatable bonds is 1. The first-order chi connectivity index (χ1) is 7.91. The van der Waals surface area contributed by atoms with Gasteiger partial charge in [-0.05, 0) is 0 Å². The molecule has 0 fully saturated rings. The van der Waals surface area contributed by atoms with Crippen LogP contribution in [0.3, 0.4) is 0 Å². The van der Waals surface area contributed by atoms with Gasteiger partial charge in [0.1, 0.15) is 11.5 Å². The number of nitrogens with two attached hydrogens (primary N) is 1. The van der Waals surface area contributed by atoms with Crippen LogP contribution in [0.1, 0.15) is 0 Å². The molecule has 0 spiro atoms. The van der Waals surface area contributed by atoms with E-state index in [1.165, 1.54) is 10.7 Å². The predicted molar refractivity (Wildman–Crippen MR) is 61.4 cm³/mol. The lowest BCUT2D eigenvalue weighted by Gasteiger charge is -2.06. The molecular weight excluding hydrogens is 249 g/mol. The van der Waals surface area contributed by atoms with E-state index < -0.39 is 17.3 Å². The van der Waals surface area contributed by atoms with Crippen molar-refractivity contribution in [2.75, 3.05) is 5.73 Å². The van der Waals surface area contributed by atoms with E-state index in [1.54, 1.807) is 7.05 Å². The number of phenols is 2. The van der Waals surface area contributed by atoms with E-state index in [-0.39, 0.29) is 16.3 Å². The zero-order valence-corrected chi connectivity index (χ0v) is 9.53. The average molecular weight is 258 g/mol. The van der Waals surface area contributed by atoms with Crippen LogP contribution in [0.25, 0.3) is 11.3 Å². The molecule has 0 aliphatic carbocycles. The number of anilines is 1. The zero-order valence-electron chi connectivity index (χ0n) is 8.78. The third kappa shape index (κ3) is 1.76.